The van der Waals surface area contributed by atoms with Crippen LogP contribution in [0.15, 0.2) is 41.2 Å². The molecular formula is C20H15Cl3N2O3. The van der Waals surface area contributed by atoms with Crippen molar-refractivity contribution < 1.29 is 9.90 Å². The van der Waals surface area contributed by atoms with Gasteiger partial charge in [-0.2, -0.15) is 0 Å². The summed E-state index contributed by atoms with van der Waals surface area (Å²) in [7, 11) is 0. The van der Waals surface area contributed by atoms with Gasteiger partial charge in [0.1, 0.15) is 10.7 Å². The first-order valence-electron chi connectivity index (χ1n) is 8.35. The normalized spacial score (nSPS) is 10.9. The second-order valence-corrected chi connectivity index (χ2v) is 7.24. The summed E-state index contributed by atoms with van der Waals surface area (Å²) in [5.74, 6) is -1.35. The van der Waals surface area contributed by atoms with Crippen LogP contribution < -0.4 is 5.43 Å². The molecule has 0 aliphatic carbocycles. The number of aromatic carboxylic acids is 1. The molecule has 0 fully saturated rings. The Balaban J connectivity index is 2.46. The Morgan fingerprint density at radius 2 is 1.89 bits per heavy atom. The lowest BCUT2D eigenvalue weighted by Gasteiger charge is -2.20. The Bertz CT molecular complexity index is 1160. The number of rotatable bonds is 4. The zero-order valence-electron chi connectivity index (χ0n) is 15.0. The number of aromatic nitrogens is 2. The first-order chi connectivity index (χ1) is 13.3. The number of hydrogen-bond acceptors (Lipinski definition) is 3. The van der Waals surface area contributed by atoms with Crippen LogP contribution in [0.25, 0.3) is 22.5 Å². The van der Waals surface area contributed by atoms with Crippen molar-refractivity contribution in [3.63, 3.8) is 0 Å². The second kappa shape index (κ2) is 7.95. The van der Waals surface area contributed by atoms with Crippen LogP contribution >= 0.6 is 34.8 Å². The predicted molar refractivity (Wildman–Crippen MR) is 112 cm³/mol. The summed E-state index contributed by atoms with van der Waals surface area (Å²) >= 11 is 18.0. The van der Waals surface area contributed by atoms with E-state index >= 15 is 0 Å². The van der Waals surface area contributed by atoms with Gasteiger partial charge in [-0.1, -0.05) is 46.9 Å². The van der Waals surface area contributed by atoms with Crippen LogP contribution in [-0.2, 0) is 6.54 Å². The van der Waals surface area contributed by atoms with Gasteiger partial charge in [-0.05, 0) is 43.7 Å². The molecule has 0 spiro atoms. The van der Waals surface area contributed by atoms with E-state index in [0.717, 1.165) is 0 Å². The first-order valence-corrected chi connectivity index (χ1v) is 9.48. The summed E-state index contributed by atoms with van der Waals surface area (Å²) in [5, 5.41) is 10.6. The van der Waals surface area contributed by atoms with Crippen LogP contribution in [0, 0.1) is 6.92 Å². The van der Waals surface area contributed by atoms with E-state index in [2.05, 4.69) is 4.98 Å². The fraction of sp³-hybridized carbons (Fsp3) is 0.150. The number of carboxylic acid groups (broad SMARTS) is 1. The van der Waals surface area contributed by atoms with E-state index in [9.17, 15) is 14.7 Å². The molecule has 3 aromatic rings. The predicted octanol–water partition coefficient (Wildman–Crippen LogP) is 5.56. The van der Waals surface area contributed by atoms with Gasteiger partial charge < -0.3 is 9.67 Å². The molecule has 0 unspecified atom stereocenters. The van der Waals surface area contributed by atoms with Gasteiger partial charge in [0.25, 0.3) is 0 Å². The molecule has 2 heterocycles. The third kappa shape index (κ3) is 3.53. The summed E-state index contributed by atoms with van der Waals surface area (Å²) in [5.41, 5.74) is 0.878. The number of benzene rings is 1. The van der Waals surface area contributed by atoms with Gasteiger partial charge in [0.2, 0.25) is 5.43 Å². The molecular weight excluding hydrogens is 423 g/mol. The number of pyridine rings is 2. The van der Waals surface area contributed by atoms with Crippen molar-refractivity contribution in [1.29, 1.82) is 0 Å². The summed E-state index contributed by atoms with van der Waals surface area (Å²) in [6.45, 7) is 4.02. The van der Waals surface area contributed by atoms with Crippen molar-refractivity contribution in [2.75, 3.05) is 0 Å². The molecule has 0 saturated heterocycles. The number of hydrogen-bond donors (Lipinski definition) is 1. The second-order valence-electron chi connectivity index (χ2n) is 6.04. The molecule has 8 heteroatoms. The highest BCUT2D eigenvalue weighted by Crippen LogP contribution is 2.31. The maximum Gasteiger partial charge on any atom is 0.341 e. The van der Waals surface area contributed by atoms with E-state index < -0.39 is 11.4 Å². The molecule has 0 atom stereocenters. The zero-order chi connectivity index (χ0) is 20.6. The maximum atomic E-state index is 13.2. The van der Waals surface area contributed by atoms with Crippen molar-refractivity contribution >= 4 is 40.8 Å². The molecule has 28 heavy (non-hydrogen) atoms. The molecule has 3 rings (SSSR count). The summed E-state index contributed by atoms with van der Waals surface area (Å²) < 4.78 is 1.73. The standard InChI is InChI=1S/C20H15Cl3N2O3/c1-3-25-10(2)15(11-5-4-6-12(21)9-11)18(26)16(20(27)28)17(25)14-8-7-13(22)19(23)24-14/h4-9H,3H2,1-2H3,(H,27,28). The molecule has 0 bridgehead atoms. The number of carboxylic acids is 1. The van der Waals surface area contributed by atoms with E-state index in [-0.39, 0.29) is 32.7 Å². The fourth-order valence-corrected chi connectivity index (χ4v) is 3.68. The van der Waals surface area contributed by atoms with Crippen molar-refractivity contribution in [2.45, 2.75) is 20.4 Å². The van der Waals surface area contributed by atoms with Crippen LogP contribution in [-0.4, -0.2) is 20.6 Å². The highest BCUT2D eigenvalue weighted by molar-refractivity contribution is 6.41. The zero-order valence-corrected chi connectivity index (χ0v) is 17.2. The van der Waals surface area contributed by atoms with E-state index in [1.54, 1.807) is 41.8 Å². The molecule has 1 aromatic carbocycles. The van der Waals surface area contributed by atoms with E-state index in [0.29, 0.717) is 22.8 Å². The molecule has 144 valence electrons. The van der Waals surface area contributed by atoms with Crippen LogP contribution in [0.2, 0.25) is 15.2 Å². The highest BCUT2D eigenvalue weighted by atomic mass is 35.5. The van der Waals surface area contributed by atoms with Crippen molar-refractivity contribution in [1.82, 2.24) is 9.55 Å². The minimum absolute atomic E-state index is 0.0298. The van der Waals surface area contributed by atoms with E-state index in [1.165, 1.54) is 6.07 Å². The minimum atomic E-state index is -1.35. The molecule has 0 saturated carbocycles. The van der Waals surface area contributed by atoms with Crippen LogP contribution in [0.4, 0.5) is 0 Å². The molecule has 0 radical (unpaired) electrons. The van der Waals surface area contributed by atoms with Crippen LogP contribution in [0.5, 0.6) is 0 Å². The van der Waals surface area contributed by atoms with Gasteiger partial charge in [0, 0.05) is 22.8 Å². The summed E-state index contributed by atoms with van der Waals surface area (Å²) in [4.78, 5) is 29.5. The number of halogens is 3. The van der Waals surface area contributed by atoms with Crippen LogP contribution in [0.1, 0.15) is 23.0 Å². The lowest BCUT2D eigenvalue weighted by Crippen LogP contribution is -2.25. The molecule has 0 aliphatic heterocycles. The van der Waals surface area contributed by atoms with Gasteiger partial charge >= 0.3 is 5.97 Å². The van der Waals surface area contributed by atoms with Gasteiger partial charge in [-0.15, -0.1) is 0 Å². The molecule has 0 amide bonds. The third-order valence-corrected chi connectivity index (χ3v) is 5.34. The number of carbonyl (C=O) groups is 1. The average molecular weight is 438 g/mol. The largest absolute Gasteiger partial charge is 0.477 e. The average Bonchev–Trinajstić information content (AvgIpc) is 2.63. The lowest BCUT2D eigenvalue weighted by molar-refractivity contribution is 0.0695. The van der Waals surface area contributed by atoms with Crippen molar-refractivity contribution in [3.05, 3.63) is 73.1 Å². The Hall–Kier alpha value is -2.34. The fourth-order valence-electron chi connectivity index (χ4n) is 3.23. The minimum Gasteiger partial charge on any atom is -0.477 e. The Morgan fingerprint density at radius 1 is 1.18 bits per heavy atom. The molecule has 5 nitrogen and oxygen atoms in total. The summed E-state index contributed by atoms with van der Waals surface area (Å²) in [6, 6.07) is 9.81. The first kappa shape index (κ1) is 20.4. The molecule has 0 aliphatic rings. The quantitative estimate of drug-likeness (QED) is 0.542. The molecule has 1 N–H and O–H groups in total. The van der Waals surface area contributed by atoms with Gasteiger partial charge in [-0.3, -0.25) is 4.79 Å². The Kier molecular flexibility index (Phi) is 5.79. The SMILES string of the molecule is CCn1c(C)c(-c2cccc(Cl)c2)c(=O)c(C(=O)O)c1-c1ccc(Cl)c(Cl)n1. The van der Waals surface area contributed by atoms with Gasteiger partial charge in [0.15, 0.2) is 0 Å². The Labute approximate surface area is 176 Å². The third-order valence-electron chi connectivity index (χ3n) is 4.42. The smallest absolute Gasteiger partial charge is 0.341 e. The maximum absolute atomic E-state index is 13.2. The lowest BCUT2D eigenvalue weighted by atomic mass is 9.97. The summed E-state index contributed by atoms with van der Waals surface area (Å²) in [6.07, 6.45) is 0. The Morgan fingerprint density at radius 3 is 2.46 bits per heavy atom. The van der Waals surface area contributed by atoms with Crippen molar-refractivity contribution in [3.8, 4) is 22.5 Å². The van der Waals surface area contributed by atoms with Gasteiger partial charge in [0.05, 0.1) is 16.4 Å². The number of nitrogens with zero attached hydrogens (tertiary/aromatic N) is 2. The molecule has 2 aromatic heterocycles. The van der Waals surface area contributed by atoms with E-state index in [1.807, 2.05) is 6.92 Å². The topological polar surface area (TPSA) is 72.2 Å². The van der Waals surface area contributed by atoms with Gasteiger partial charge in [-0.25, -0.2) is 9.78 Å². The van der Waals surface area contributed by atoms with Crippen molar-refractivity contribution in [2.24, 2.45) is 0 Å². The van der Waals surface area contributed by atoms with E-state index in [4.69, 9.17) is 34.8 Å². The monoisotopic (exact) mass is 436 g/mol. The highest BCUT2D eigenvalue weighted by Gasteiger charge is 2.26. The van der Waals surface area contributed by atoms with Crippen LogP contribution in [0.3, 0.4) is 0 Å².